The predicted octanol–water partition coefficient (Wildman–Crippen LogP) is 3.62. The molecule has 1 unspecified atom stereocenters. The first-order valence-electron chi connectivity index (χ1n) is 13.8. The Bertz CT molecular complexity index is 495. The van der Waals surface area contributed by atoms with Crippen molar-refractivity contribution < 1.29 is 17.7 Å². The van der Waals surface area contributed by atoms with Crippen molar-refractivity contribution in [1.29, 1.82) is 0 Å². The fourth-order valence-corrected chi connectivity index (χ4v) is 10.1. The van der Waals surface area contributed by atoms with Gasteiger partial charge < -0.3 is 32.4 Å². The number of hydrogen-bond acceptors (Lipinski definition) is 7. The lowest BCUT2D eigenvalue weighted by molar-refractivity contribution is 0.152. The molecule has 1 aliphatic rings. The first-order chi connectivity index (χ1) is 16.9. The number of likely N-dealkylation sites (N-methyl/N-ethyl adjacent to an activating group) is 1. The molecule has 0 saturated carbocycles. The molecular formula is C25H55N3O4Si3. The summed E-state index contributed by atoms with van der Waals surface area (Å²) in [6, 6.07) is 1.05. The van der Waals surface area contributed by atoms with E-state index in [9.17, 15) is 0 Å². The van der Waals surface area contributed by atoms with Crippen LogP contribution in [0.5, 0.6) is 0 Å². The summed E-state index contributed by atoms with van der Waals surface area (Å²) in [6.07, 6.45) is 10.1. The first-order valence-corrected chi connectivity index (χ1v) is 17.8. The normalized spacial score (nSPS) is 17.7. The van der Waals surface area contributed by atoms with Crippen molar-refractivity contribution in [3.8, 4) is 0 Å². The number of hydrogen-bond donors (Lipinski definition) is 0. The van der Waals surface area contributed by atoms with Gasteiger partial charge in [0.15, 0.2) is 0 Å². The quantitative estimate of drug-likeness (QED) is 0.152. The third-order valence-corrected chi connectivity index (χ3v) is 13.6. The maximum atomic E-state index is 5.86. The van der Waals surface area contributed by atoms with Crippen LogP contribution >= 0.6 is 0 Å². The molecule has 0 N–H and O–H groups in total. The van der Waals surface area contributed by atoms with Gasteiger partial charge in [-0.1, -0.05) is 32.6 Å². The fraction of sp³-hybridized carbons (Fsp3) is 1.00. The standard InChI is InChI=1S/C25H55N3O4Si3/c1-8-31-34(32-9-2)23-15-17-27(5)24-33-25(3,35(29-6)30-7)16-13-11-10-12-14-18-28-21-19-26(4)20-22-28/h8-24H2,1-7H3. The highest BCUT2D eigenvalue weighted by molar-refractivity contribution is 6.66. The average Bonchev–Trinajstić information content (AvgIpc) is 2.84. The minimum atomic E-state index is -1.28. The monoisotopic (exact) mass is 545 g/mol. The summed E-state index contributed by atoms with van der Waals surface area (Å²) in [6.45, 7) is 15.3. The van der Waals surface area contributed by atoms with Gasteiger partial charge in [0.1, 0.15) is 0 Å². The molecule has 1 saturated heterocycles. The van der Waals surface area contributed by atoms with Crippen molar-refractivity contribution >= 4 is 28.1 Å². The maximum absolute atomic E-state index is 5.86. The molecule has 1 rings (SSSR count). The Morgan fingerprint density at radius 3 is 2.09 bits per heavy atom. The Hall–Kier alpha value is 0.371. The molecule has 0 aromatic heterocycles. The Kier molecular flexibility index (Phi) is 19.4. The van der Waals surface area contributed by atoms with Crippen LogP contribution in [0, 0.1) is 0 Å². The van der Waals surface area contributed by atoms with Gasteiger partial charge in [-0.2, -0.15) is 0 Å². The van der Waals surface area contributed by atoms with E-state index in [1.54, 1.807) is 0 Å². The predicted molar refractivity (Wildman–Crippen MR) is 151 cm³/mol. The minimum absolute atomic E-state index is 0.161. The van der Waals surface area contributed by atoms with E-state index in [-0.39, 0.29) is 4.66 Å². The van der Waals surface area contributed by atoms with Crippen LogP contribution in [-0.2, 0) is 17.7 Å². The number of nitrogens with zero attached hydrogens (tertiary/aromatic N) is 3. The van der Waals surface area contributed by atoms with Crippen LogP contribution in [0.25, 0.3) is 0 Å². The first kappa shape index (κ1) is 33.4. The molecule has 0 aromatic rings. The highest BCUT2D eigenvalue weighted by Crippen LogP contribution is 2.35. The molecule has 35 heavy (non-hydrogen) atoms. The van der Waals surface area contributed by atoms with Crippen molar-refractivity contribution in [3.63, 3.8) is 0 Å². The second-order valence-corrected chi connectivity index (χ2v) is 16.5. The van der Waals surface area contributed by atoms with E-state index in [0.717, 1.165) is 47.9 Å². The highest BCUT2D eigenvalue weighted by Gasteiger charge is 2.39. The Morgan fingerprint density at radius 2 is 1.49 bits per heavy atom. The Balaban J connectivity index is 2.30. The third kappa shape index (κ3) is 14.8. The lowest BCUT2D eigenvalue weighted by Crippen LogP contribution is -2.44. The van der Waals surface area contributed by atoms with E-state index in [1.807, 2.05) is 14.2 Å². The van der Waals surface area contributed by atoms with Crippen molar-refractivity contribution in [2.45, 2.75) is 76.4 Å². The van der Waals surface area contributed by atoms with Crippen LogP contribution in [0.2, 0.25) is 10.7 Å². The van der Waals surface area contributed by atoms with Crippen LogP contribution in [-0.4, -0.2) is 130 Å². The van der Waals surface area contributed by atoms with E-state index < -0.39 is 18.6 Å². The molecular weight excluding hydrogens is 491 g/mol. The van der Waals surface area contributed by atoms with Gasteiger partial charge in [0.25, 0.3) is 0 Å². The molecule has 1 aliphatic heterocycles. The minimum Gasteiger partial charge on any atom is -0.397 e. The second kappa shape index (κ2) is 20.3. The van der Waals surface area contributed by atoms with Gasteiger partial charge in [0, 0.05) is 58.3 Å². The van der Waals surface area contributed by atoms with Crippen molar-refractivity contribution in [3.05, 3.63) is 0 Å². The van der Waals surface area contributed by atoms with Gasteiger partial charge in [-0.3, -0.25) is 0 Å². The van der Waals surface area contributed by atoms with Gasteiger partial charge >= 0.3 is 18.6 Å². The molecule has 10 heteroatoms. The Labute approximate surface area is 223 Å². The van der Waals surface area contributed by atoms with Gasteiger partial charge in [0.2, 0.25) is 0 Å². The second-order valence-electron chi connectivity index (χ2n) is 9.95. The zero-order chi connectivity index (χ0) is 25.9. The number of unbranched alkanes of at least 4 members (excludes halogenated alkanes) is 4. The molecule has 1 atom stereocenters. The molecule has 1 fully saturated rings. The van der Waals surface area contributed by atoms with Crippen LogP contribution in [0.15, 0.2) is 0 Å². The van der Waals surface area contributed by atoms with E-state index in [4.69, 9.17) is 17.7 Å². The summed E-state index contributed by atoms with van der Waals surface area (Å²) >= 11 is 0. The molecule has 4 radical (unpaired) electrons. The summed E-state index contributed by atoms with van der Waals surface area (Å²) < 4.78 is 23.5. The van der Waals surface area contributed by atoms with Gasteiger partial charge in [-0.15, -0.1) is 0 Å². The maximum Gasteiger partial charge on any atom is 0.387 e. The average molecular weight is 546 g/mol. The SMILES string of the molecule is CCO[Si](CCCN(C)C[Si]C(C)(CCCCCCCN1CCN(C)CC1)[Si](OC)OC)OCC. The topological polar surface area (TPSA) is 46.6 Å². The van der Waals surface area contributed by atoms with Gasteiger partial charge in [-0.25, -0.2) is 0 Å². The van der Waals surface area contributed by atoms with Gasteiger partial charge in [0.05, 0.1) is 9.52 Å². The molecule has 1 heterocycles. The lowest BCUT2D eigenvalue weighted by Gasteiger charge is -2.34. The Morgan fingerprint density at radius 1 is 0.886 bits per heavy atom. The van der Waals surface area contributed by atoms with Crippen LogP contribution in [0.1, 0.15) is 65.7 Å². The fourth-order valence-electron chi connectivity index (χ4n) is 4.60. The molecule has 0 aliphatic carbocycles. The van der Waals surface area contributed by atoms with E-state index in [2.05, 4.69) is 49.6 Å². The third-order valence-electron chi connectivity index (χ3n) is 6.84. The van der Waals surface area contributed by atoms with E-state index in [1.165, 1.54) is 71.2 Å². The smallest absolute Gasteiger partial charge is 0.387 e. The zero-order valence-electron chi connectivity index (χ0n) is 24.0. The van der Waals surface area contributed by atoms with Gasteiger partial charge in [-0.05, 0) is 72.5 Å². The summed E-state index contributed by atoms with van der Waals surface area (Å²) in [5.41, 5.74) is 0. The summed E-state index contributed by atoms with van der Waals surface area (Å²) in [4.78, 5) is 7.54. The van der Waals surface area contributed by atoms with Crippen molar-refractivity contribution in [1.82, 2.24) is 14.7 Å². The van der Waals surface area contributed by atoms with Crippen LogP contribution in [0.3, 0.4) is 0 Å². The van der Waals surface area contributed by atoms with Crippen LogP contribution in [0.4, 0.5) is 0 Å². The van der Waals surface area contributed by atoms with Crippen LogP contribution < -0.4 is 0 Å². The molecule has 0 amide bonds. The lowest BCUT2D eigenvalue weighted by atomic mass is 10.1. The molecule has 206 valence electrons. The highest BCUT2D eigenvalue weighted by atomic mass is 28.3. The summed E-state index contributed by atoms with van der Waals surface area (Å²) in [7, 11) is 6.57. The van der Waals surface area contributed by atoms with E-state index in [0.29, 0.717) is 0 Å². The largest absolute Gasteiger partial charge is 0.397 e. The molecule has 0 bridgehead atoms. The van der Waals surface area contributed by atoms with Crippen molar-refractivity contribution in [2.75, 3.05) is 87.0 Å². The molecule has 0 aromatic carbocycles. The molecule has 7 nitrogen and oxygen atoms in total. The summed E-state index contributed by atoms with van der Waals surface area (Å²) in [5, 5.41) is 0. The summed E-state index contributed by atoms with van der Waals surface area (Å²) in [5.74, 6) is 0. The number of rotatable bonds is 22. The van der Waals surface area contributed by atoms with Crippen molar-refractivity contribution in [2.24, 2.45) is 0 Å². The zero-order valence-corrected chi connectivity index (χ0v) is 27.0. The van der Waals surface area contributed by atoms with E-state index >= 15 is 0 Å². The molecule has 0 spiro atoms. The number of piperazine rings is 1.